The Bertz CT molecular complexity index is 403. The molecule has 1 fully saturated rings. The number of hydrogen-bond donors (Lipinski definition) is 0. The van der Waals surface area contributed by atoms with Gasteiger partial charge in [0, 0.05) is 12.8 Å². The van der Waals surface area contributed by atoms with Crippen LogP contribution in [0, 0.1) is 17.2 Å². The molecule has 0 N–H and O–H groups in total. The molecule has 0 atom stereocenters. The maximum Gasteiger partial charge on any atom is 0.140 e. The summed E-state index contributed by atoms with van der Waals surface area (Å²) in [6.45, 7) is 1.44. The van der Waals surface area contributed by atoms with Gasteiger partial charge in [-0.1, -0.05) is 25.7 Å². The van der Waals surface area contributed by atoms with Crippen LogP contribution in [0.2, 0.25) is 0 Å². The predicted octanol–water partition coefficient (Wildman–Crippen LogP) is 3.44. The third kappa shape index (κ3) is 4.12. The van der Waals surface area contributed by atoms with Gasteiger partial charge in [-0.15, -0.1) is 0 Å². The average molecular weight is 244 g/mol. The normalized spacial score (nSPS) is 17.1. The number of aromatic nitrogens is 1. The van der Waals surface area contributed by atoms with Gasteiger partial charge in [0.2, 0.25) is 0 Å². The molecule has 0 amide bonds. The van der Waals surface area contributed by atoms with Crippen LogP contribution in [0.25, 0.3) is 0 Å². The molecule has 1 aliphatic carbocycles. The summed E-state index contributed by atoms with van der Waals surface area (Å²) >= 11 is 0. The molecule has 0 radical (unpaired) electrons. The number of nitrogens with zero attached hydrogens (tertiary/aromatic N) is 2. The molecular formula is C15H20N2O. The van der Waals surface area contributed by atoms with E-state index in [0.29, 0.717) is 12.3 Å². The van der Waals surface area contributed by atoms with Crippen LogP contribution in [0.15, 0.2) is 18.3 Å². The summed E-state index contributed by atoms with van der Waals surface area (Å²) in [5, 5.41) is 8.77. The zero-order valence-electron chi connectivity index (χ0n) is 10.8. The van der Waals surface area contributed by atoms with Gasteiger partial charge in [-0.25, -0.2) is 4.98 Å². The fourth-order valence-corrected chi connectivity index (χ4v) is 2.50. The molecule has 0 saturated heterocycles. The molecule has 96 valence electrons. The summed E-state index contributed by atoms with van der Waals surface area (Å²) in [5.74, 6) is 0.727. The maximum absolute atomic E-state index is 8.77. The molecule has 1 aromatic rings. The van der Waals surface area contributed by atoms with Crippen LogP contribution >= 0.6 is 0 Å². The van der Waals surface area contributed by atoms with E-state index in [-0.39, 0.29) is 0 Å². The highest BCUT2D eigenvalue weighted by molar-refractivity contribution is 5.24. The zero-order chi connectivity index (χ0) is 12.6. The first-order valence-electron chi connectivity index (χ1n) is 6.81. The van der Waals surface area contributed by atoms with Gasteiger partial charge in [0.05, 0.1) is 6.61 Å². The summed E-state index contributed by atoms with van der Waals surface area (Å²) < 4.78 is 5.78. The lowest BCUT2D eigenvalue weighted by Gasteiger charge is -2.14. The quantitative estimate of drug-likeness (QED) is 0.762. The monoisotopic (exact) mass is 244 g/mol. The lowest BCUT2D eigenvalue weighted by atomic mass is 10.0. The molecule has 0 spiro atoms. The van der Waals surface area contributed by atoms with Crippen LogP contribution < -0.4 is 0 Å². The second-order valence-corrected chi connectivity index (χ2v) is 5.03. The Morgan fingerprint density at radius 2 is 2.06 bits per heavy atom. The Kier molecular flexibility index (Phi) is 5.16. The number of rotatable bonds is 4. The summed E-state index contributed by atoms with van der Waals surface area (Å²) in [7, 11) is 0. The minimum atomic E-state index is 0.463. The minimum absolute atomic E-state index is 0.463. The van der Waals surface area contributed by atoms with E-state index in [1.807, 2.05) is 12.1 Å². The fourth-order valence-electron chi connectivity index (χ4n) is 2.50. The molecule has 0 aromatic carbocycles. The highest BCUT2D eigenvalue weighted by Crippen LogP contribution is 2.23. The Morgan fingerprint density at radius 3 is 2.78 bits per heavy atom. The lowest BCUT2D eigenvalue weighted by Crippen LogP contribution is -2.08. The van der Waals surface area contributed by atoms with E-state index in [1.165, 1.54) is 38.5 Å². The summed E-state index contributed by atoms with van der Waals surface area (Å²) in [6, 6.07) is 5.76. The van der Waals surface area contributed by atoms with Gasteiger partial charge in [-0.3, -0.25) is 0 Å². The highest BCUT2D eigenvalue weighted by Gasteiger charge is 2.12. The van der Waals surface area contributed by atoms with Crippen molar-refractivity contribution in [3.05, 3.63) is 29.6 Å². The lowest BCUT2D eigenvalue weighted by molar-refractivity contribution is 0.0818. The largest absolute Gasteiger partial charge is 0.376 e. The molecule has 3 nitrogen and oxygen atoms in total. The first-order valence-corrected chi connectivity index (χ1v) is 6.81. The van der Waals surface area contributed by atoms with Crippen molar-refractivity contribution in [1.29, 1.82) is 5.26 Å². The van der Waals surface area contributed by atoms with Crippen molar-refractivity contribution in [2.75, 3.05) is 6.61 Å². The van der Waals surface area contributed by atoms with Crippen molar-refractivity contribution >= 4 is 0 Å². The smallest absolute Gasteiger partial charge is 0.140 e. The van der Waals surface area contributed by atoms with Crippen molar-refractivity contribution in [2.45, 2.75) is 45.1 Å². The van der Waals surface area contributed by atoms with Crippen LogP contribution in [0.4, 0.5) is 0 Å². The van der Waals surface area contributed by atoms with Gasteiger partial charge < -0.3 is 4.74 Å². The molecular weight excluding hydrogens is 224 g/mol. The fraction of sp³-hybridized carbons (Fsp3) is 0.600. The summed E-state index contributed by atoms with van der Waals surface area (Å²) in [6.07, 6.45) is 9.74. The minimum Gasteiger partial charge on any atom is -0.376 e. The number of nitriles is 1. The molecule has 0 aliphatic heterocycles. The molecule has 1 aromatic heterocycles. The van der Waals surface area contributed by atoms with Gasteiger partial charge in [-0.05, 0) is 36.5 Å². The summed E-state index contributed by atoms with van der Waals surface area (Å²) in [4.78, 5) is 3.95. The molecule has 2 rings (SSSR count). The van der Waals surface area contributed by atoms with Gasteiger partial charge in [0.25, 0.3) is 0 Å². The van der Waals surface area contributed by atoms with Crippen molar-refractivity contribution in [3.63, 3.8) is 0 Å². The topological polar surface area (TPSA) is 45.9 Å². The van der Waals surface area contributed by atoms with Crippen LogP contribution in [0.5, 0.6) is 0 Å². The highest BCUT2D eigenvalue weighted by atomic mass is 16.5. The van der Waals surface area contributed by atoms with E-state index in [2.05, 4.69) is 4.98 Å². The van der Waals surface area contributed by atoms with Crippen LogP contribution in [0.1, 0.15) is 49.8 Å². The second kappa shape index (κ2) is 7.13. The van der Waals surface area contributed by atoms with Crippen molar-refractivity contribution in [3.8, 4) is 6.07 Å². The Balaban J connectivity index is 1.75. The van der Waals surface area contributed by atoms with Crippen LogP contribution in [-0.2, 0) is 11.3 Å². The Labute approximate surface area is 109 Å². The van der Waals surface area contributed by atoms with Gasteiger partial charge in [0.1, 0.15) is 11.8 Å². The number of hydrogen-bond acceptors (Lipinski definition) is 3. The molecule has 0 bridgehead atoms. The molecule has 3 heteroatoms. The van der Waals surface area contributed by atoms with Gasteiger partial charge in [0.15, 0.2) is 0 Å². The average Bonchev–Trinajstić information content (AvgIpc) is 2.68. The second-order valence-electron chi connectivity index (χ2n) is 5.03. The molecule has 1 aliphatic rings. The van der Waals surface area contributed by atoms with Crippen LogP contribution in [0.3, 0.4) is 0 Å². The van der Waals surface area contributed by atoms with E-state index < -0.39 is 0 Å². The zero-order valence-corrected chi connectivity index (χ0v) is 10.8. The first-order chi connectivity index (χ1) is 8.88. The Morgan fingerprint density at radius 1 is 1.28 bits per heavy atom. The van der Waals surface area contributed by atoms with E-state index in [1.54, 1.807) is 12.3 Å². The SMILES string of the molecule is N#Cc1cc(COCC2CCCCCC2)ccn1. The third-order valence-electron chi connectivity index (χ3n) is 3.54. The van der Waals surface area contributed by atoms with E-state index in [4.69, 9.17) is 10.00 Å². The molecule has 0 unspecified atom stereocenters. The molecule has 1 saturated carbocycles. The van der Waals surface area contributed by atoms with E-state index in [0.717, 1.165) is 18.1 Å². The first kappa shape index (κ1) is 13.0. The predicted molar refractivity (Wildman–Crippen MR) is 69.8 cm³/mol. The van der Waals surface area contributed by atoms with Crippen LogP contribution in [-0.4, -0.2) is 11.6 Å². The van der Waals surface area contributed by atoms with Gasteiger partial charge in [-0.2, -0.15) is 5.26 Å². The van der Waals surface area contributed by atoms with Gasteiger partial charge >= 0.3 is 0 Å². The van der Waals surface area contributed by atoms with E-state index in [9.17, 15) is 0 Å². The van der Waals surface area contributed by atoms with Crippen molar-refractivity contribution in [2.24, 2.45) is 5.92 Å². The van der Waals surface area contributed by atoms with E-state index >= 15 is 0 Å². The maximum atomic E-state index is 8.77. The van der Waals surface area contributed by atoms with Crippen molar-refractivity contribution in [1.82, 2.24) is 4.98 Å². The third-order valence-corrected chi connectivity index (χ3v) is 3.54. The standard InChI is InChI=1S/C15H20N2O/c16-10-15-9-14(7-8-17-15)12-18-11-13-5-3-1-2-4-6-13/h7-9,13H,1-6,11-12H2. The molecule has 18 heavy (non-hydrogen) atoms. The number of pyridine rings is 1. The Hall–Kier alpha value is -1.40. The number of ether oxygens (including phenoxy) is 1. The summed E-state index contributed by atoms with van der Waals surface area (Å²) in [5.41, 5.74) is 1.50. The van der Waals surface area contributed by atoms with Crippen molar-refractivity contribution < 1.29 is 4.74 Å². The molecule has 1 heterocycles.